The summed E-state index contributed by atoms with van der Waals surface area (Å²) in [5.41, 5.74) is 1.11. The van der Waals surface area contributed by atoms with E-state index in [4.69, 9.17) is 16.3 Å². The van der Waals surface area contributed by atoms with Gasteiger partial charge in [-0.1, -0.05) is 23.7 Å². The monoisotopic (exact) mass is 358 g/mol. The van der Waals surface area contributed by atoms with Crippen LogP contribution in [0.1, 0.15) is 36.6 Å². The van der Waals surface area contributed by atoms with Gasteiger partial charge in [-0.2, -0.15) is 0 Å². The van der Waals surface area contributed by atoms with E-state index in [-0.39, 0.29) is 0 Å². The van der Waals surface area contributed by atoms with Gasteiger partial charge in [-0.25, -0.2) is 9.97 Å². The minimum atomic E-state index is 0.409. The Balaban J connectivity index is 1.36. The van der Waals surface area contributed by atoms with Crippen LogP contribution in [-0.2, 0) is 6.54 Å². The minimum absolute atomic E-state index is 0.409. The van der Waals surface area contributed by atoms with Crippen molar-refractivity contribution in [3.8, 4) is 5.75 Å². The van der Waals surface area contributed by atoms with E-state index in [1.165, 1.54) is 12.8 Å². The number of hydrogen-bond donors (Lipinski definition) is 1. The molecule has 2 aliphatic rings. The predicted octanol–water partition coefficient (Wildman–Crippen LogP) is 3.70. The number of nitrogens with one attached hydrogen (secondary N) is 1. The molecule has 1 unspecified atom stereocenters. The van der Waals surface area contributed by atoms with Gasteiger partial charge >= 0.3 is 0 Å². The Hall–Kier alpha value is -1.85. The molecule has 2 fully saturated rings. The number of nitrogens with zero attached hydrogens (tertiary/aromatic N) is 3. The first-order chi connectivity index (χ1) is 12.2. The summed E-state index contributed by atoms with van der Waals surface area (Å²) < 4.78 is 5.31. The van der Waals surface area contributed by atoms with Gasteiger partial charge in [0.25, 0.3) is 0 Å². The molecule has 1 saturated heterocycles. The van der Waals surface area contributed by atoms with Crippen LogP contribution in [0.15, 0.2) is 30.5 Å². The minimum Gasteiger partial charge on any atom is -0.495 e. The molecule has 132 valence electrons. The lowest BCUT2D eigenvalue weighted by molar-refractivity contribution is 0.327. The van der Waals surface area contributed by atoms with Gasteiger partial charge in [-0.15, -0.1) is 0 Å². The van der Waals surface area contributed by atoms with E-state index >= 15 is 0 Å². The van der Waals surface area contributed by atoms with Gasteiger partial charge in [0, 0.05) is 37.8 Å². The van der Waals surface area contributed by atoms with Crippen molar-refractivity contribution < 1.29 is 4.74 Å². The zero-order chi connectivity index (χ0) is 17.2. The molecule has 6 heteroatoms. The number of methoxy groups -OCH3 is 1. The summed E-state index contributed by atoms with van der Waals surface area (Å²) in [6.45, 7) is 2.87. The number of benzene rings is 1. The number of rotatable bonds is 6. The first-order valence-corrected chi connectivity index (χ1v) is 9.24. The highest BCUT2D eigenvalue weighted by Crippen LogP contribution is 2.38. The van der Waals surface area contributed by atoms with Crippen LogP contribution in [0.3, 0.4) is 0 Å². The van der Waals surface area contributed by atoms with Gasteiger partial charge in [0.1, 0.15) is 17.4 Å². The molecule has 1 aliphatic carbocycles. The number of ether oxygens (including phenoxy) is 1. The molecule has 2 aromatic rings. The number of aromatic nitrogens is 2. The third kappa shape index (κ3) is 3.88. The zero-order valence-electron chi connectivity index (χ0n) is 14.4. The molecular formula is C19H23ClN4O. The number of halogens is 1. The predicted molar refractivity (Wildman–Crippen MR) is 99.3 cm³/mol. The third-order valence-corrected chi connectivity index (χ3v) is 5.33. The maximum absolute atomic E-state index is 6.42. The fraction of sp³-hybridized carbons (Fsp3) is 0.474. The summed E-state index contributed by atoms with van der Waals surface area (Å²) >= 11 is 6.42. The molecule has 1 aromatic heterocycles. The normalized spacial score (nSPS) is 20.6. The standard InChI is InChI=1S/C19H23ClN4O/c1-25-16-4-2-3-14(18(16)20)11-24-10-8-15(12-24)22-17-7-9-21-19(23-17)13-5-6-13/h2-4,7,9,13,15H,5-6,8,10-12H2,1H3,(H,21,22,23). The molecule has 4 rings (SSSR count). The Labute approximate surface area is 153 Å². The van der Waals surface area contributed by atoms with E-state index in [2.05, 4.69) is 26.3 Å². The van der Waals surface area contributed by atoms with Gasteiger partial charge in [0.15, 0.2) is 0 Å². The topological polar surface area (TPSA) is 50.3 Å². The van der Waals surface area contributed by atoms with Crippen LogP contribution < -0.4 is 10.1 Å². The second-order valence-electron chi connectivity index (χ2n) is 6.87. The Bertz CT molecular complexity index is 750. The van der Waals surface area contributed by atoms with Crippen molar-refractivity contribution >= 4 is 17.4 Å². The van der Waals surface area contributed by atoms with Crippen molar-refractivity contribution in [3.05, 3.63) is 46.9 Å². The molecule has 0 spiro atoms. The van der Waals surface area contributed by atoms with Crippen LogP contribution in [0.4, 0.5) is 5.82 Å². The highest BCUT2D eigenvalue weighted by Gasteiger charge is 2.27. The van der Waals surface area contributed by atoms with E-state index in [1.807, 2.05) is 24.4 Å². The fourth-order valence-electron chi connectivity index (χ4n) is 3.37. The summed E-state index contributed by atoms with van der Waals surface area (Å²) in [7, 11) is 1.65. The molecule has 1 saturated carbocycles. The quantitative estimate of drug-likeness (QED) is 0.853. The molecule has 5 nitrogen and oxygen atoms in total. The van der Waals surface area contributed by atoms with Crippen LogP contribution >= 0.6 is 11.6 Å². The largest absolute Gasteiger partial charge is 0.495 e. The number of anilines is 1. The SMILES string of the molecule is COc1cccc(CN2CCC(Nc3ccnc(C4CC4)n3)C2)c1Cl. The maximum atomic E-state index is 6.42. The summed E-state index contributed by atoms with van der Waals surface area (Å²) in [5, 5.41) is 4.28. The Morgan fingerprint density at radius 3 is 2.96 bits per heavy atom. The van der Waals surface area contributed by atoms with E-state index in [1.54, 1.807) is 7.11 Å². The van der Waals surface area contributed by atoms with Gasteiger partial charge in [0.2, 0.25) is 0 Å². The lowest BCUT2D eigenvalue weighted by atomic mass is 10.2. The average Bonchev–Trinajstić information content (AvgIpc) is 3.39. The molecule has 1 aliphatic heterocycles. The summed E-state index contributed by atoms with van der Waals surface area (Å²) in [6.07, 6.45) is 5.42. The summed E-state index contributed by atoms with van der Waals surface area (Å²) in [5.74, 6) is 3.25. The lowest BCUT2D eigenvalue weighted by Gasteiger charge is -2.18. The molecule has 0 radical (unpaired) electrons. The molecule has 1 atom stereocenters. The van der Waals surface area contributed by atoms with Crippen molar-refractivity contribution in [2.45, 2.75) is 37.8 Å². The van der Waals surface area contributed by atoms with Crippen molar-refractivity contribution in [2.24, 2.45) is 0 Å². The smallest absolute Gasteiger partial charge is 0.137 e. The fourth-order valence-corrected chi connectivity index (χ4v) is 3.64. The second-order valence-corrected chi connectivity index (χ2v) is 7.25. The number of likely N-dealkylation sites (tertiary alicyclic amines) is 1. The molecule has 2 heterocycles. The van der Waals surface area contributed by atoms with Crippen LogP contribution in [0.25, 0.3) is 0 Å². The maximum Gasteiger partial charge on any atom is 0.137 e. The van der Waals surface area contributed by atoms with Crippen LogP contribution in [0.2, 0.25) is 5.02 Å². The van der Waals surface area contributed by atoms with Crippen LogP contribution in [-0.4, -0.2) is 41.1 Å². The van der Waals surface area contributed by atoms with E-state index < -0.39 is 0 Å². The summed E-state index contributed by atoms with van der Waals surface area (Å²) in [4.78, 5) is 11.5. The first kappa shape index (κ1) is 16.6. The lowest BCUT2D eigenvalue weighted by Crippen LogP contribution is -2.26. The van der Waals surface area contributed by atoms with Gasteiger partial charge in [-0.3, -0.25) is 4.90 Å². The van der Waals surface area contributed by atoms with Crippen molar-refractivity contribution in [1.82, 2.24) is 14.9 Å². The average molecular weight is 359 g/mol. The van der Waals surface area contributed by atoms with Gasteiger partial charge in [0.05, 0.1) is 12.1 Å². The molecule has 25 heavy (non-hydrogen) atoms. The van der Waals surface area contributed by atoms with E-state index in [9.17, 15) is 0 Å². The molecular weight excluding hydrogens is 336 g/mol. The Kier molecular flexibility index (Phi) is 4.77. The van der Waals surface area contributed by atoms with Crippen LogP contribution in [0, 0.1) is 0 Å². The van der Waals surface area contributed by atoms with Crippen molar-refractivity contribution in [1.29, 1.82) is 0 Å². The van der Waals surface area contributed by atoms with Crippen molar-refractivity contribution in [2.75, 3.05) is 25.5 Å². The van der Waals surface area contributed by atoms with Crippen LogP contribution in [0.5, 0.6) is 5.75 Å². The highest BCUT2D eigenvalue weighted by atomic mass is 35.5. The first-order valence-electron chi connectivity index (χ1n) is 8.86. The van der Waals surface area contributed by atoms with Crippen molar-refractivity contribution in [3.63, 3.8) is 0 Å². The summed E-state index contributed by atoms with van der Waals surface area (Å²) in [6, 6.07) is 8.33. The molecule has 0 amide bonds. The molecule has 1 aromatic carbocycles. The van der Waals surface area contributed by atoms with E-state index in [0.717, 1.165) is 49.0 Å². The highest BCUT2D eigenvalue weighted by molar-refractivity contribution is 6.32. The van der Waals surface area contributed by atoms with Gasteiger partial charge < -0.3 is 10.1 Å². The Morgan fingerprint density at radius 2 is 2.16 bits per heavy atom. The second kappa shape index (κ2) is 7.18. The number of hydrogen-bond acceptors (Lipinski definition) is 5. The molecule has 0 bridgehead atoms. The third-order valence-electron chi connectivity index (χ3n) is 4.90. The Morgan fingerprint density at radius 1 is 1.28 bits per heavy atom. The molecule has 1 N–H and O–H groups in total. The van der Waals surface area contributed by atoms with Gasteiger partial charge in [-0.05, 0) is 37.0 Å². The zero-order valence-corrected chi connectivity index (χ0v) is 15.2. The van der Waals surface area contributed by atoms with E-state index in [0.29, 0.717) is 17.0 Å².